The number of alkyl halides is 3. The van der Waals surface area contributed by atoms with Crippen LogP contribution >= 0.6 is 11.6 Å². The van der Waals surface area contributed by atoms with E-state index in [2.05, 4.69) is 5.32 Å². The first-order valence-corrected chi connectivity index (χ1v) is 9.24. The Hall–Kier alpha value is -2.00. The van der Waals surface area contributed by atoms with E-state index in [1.807, 2.05) is 0 Å². The van der Waals surface area contributed by atoms with Gasteiger partial charge in [-0.2, -0.15) is 13.2 Å². The zero-order chi connectivity index (χ0) is 20.1. The molecule has 152 valence electrons. The number of carbonyl (C=O) groups is 2. The number of ether oxygens (including phenoxy) is 2. The first-order valence-electron chi connectivity index (χ1n) is 8.86. The number of likely N-dealkylation sites (tertiary alicyclic amines) is 1. The predicted octanol–water partition coefficient (Wildman–Crippen LogP) is 2.97. The molecule has 10 heteroatoms. The molecule has 28 heavy (non-hydrogen) atoms. The van der Waals surface area contributed by atoms with E-state index in [1.54, 1.807) is 4.90 Å². The van der Waals surface area contributed by atoms with Crippen LogP contribution in [0.15, 0.2) is 18.2 Å². The molecule has 1 aromatic carbocycles. The lowest BCUT2D eigenvalue weighted by Crippen LogP contribution is -2.62. The molecule has 0 atom stereocenters. The molecular formula is C18H18ClF3N2O4. The van der Waals surface area contributed by atoms with E-state index in [0.717, 1.165) is 6.07 Å². The molecule has 4 rings (SSSR count). The summed E-state index contributed by atoms with van der Waals surface area (Å²) < 4.78 is 49.2. The summed E-state index contributed by atoms with van der Waals surface area (Å²) in [5.74, 6) is -0.133. The standard InChI is InChI=1S/C18H18ClF3N2O4/c19-14-2-1-10(3-13(14)18(20,21)22)8-27-12-6-24(7-12)15(25)11-4-17(5-11)9-28-16(26)23-17/h1-3,11-12H,4-9H2,(H,23,26). The molecular weight excluding hydrogens is 401 g/mol. The van der Waals surface area contributed by atoms with Crippen molar-refractivity contribution < 1.29 is 32.2 Å². The third-order valence-corrected chi connectivity index (χ3v) is 5.78. The fraction of sp³-hybridized carbons (Fsp3) is 0.556. The van der Waals surface area contributed by atoms with Crippen molar-refractivity contribution in [1.82, 2.24) is 10.2 Å². The van der Waals surface area contributed by atoms with E-state index in [0.29, 0.717) is 38.1 Å². The summed E-state index contributed by atoms with van der Waals surface area (Å²) in [5.41, 5.74) is -0.912. The zero-order valence-corrected chi connectivity index (χ0v) is 15.5. The highest BCUT2D eigenvalue weighted by Crippen LogP contribution is 2.42. The van der Waals surface area contributed by atoms with Crippen LogP contribution in [0.1, 0.15) is 24.0 Å². The van der Waals surface area contributed by atoms with Gasteiger partial charge in [-0.1, -0.05) is 17.7 Å². The first kappa shape index (κ1) is 19.3. The SMILES string of the molecule is O=C1NC2(CO1)CC(C(=O)N1CC(OCc3ccc(Cl)c(C(F)(F)F)c3)C1)C2. The summed E-state index contributed by atoms with van der Waals surface area (Å²) in [5, 5.41) is 2.40. The van der Waals surface area contributed by atoms with Crippen LogP contribution in [-0.2, 0) is 27.1 Å². The molecule has 1 aliphatic carbocycles. The van der Waals surface area contributed by atoms with Gasteiger partial charge in [0.1, 0.15) is 6.61 Å². The number of nitrogens with one attached hydrogen (secondary N) is 1. The molecule has 1 saturated carbocycles. The van der Waals surface area contributed by atoms with Gasteiger partial charge in [0.05, 0.1) is 28.8 Å². The maximum absolute atomic E-state index is 12.9. The van der Waals surface area contributed by atoms with E-state index in [9.17, 15) is 22.8 Å². The van der Waals surface area contributed by atoms with Gasteiger partial charge in [0.25, 0.3) is 0 Å². The van der Waals surface area contributed by atoms with Crippen LogP contribution in [0.4, 0.5) is 18.0 Å². The fourth-order valence-electron chi connectivity index (χ4n) is 3.85. The number of amides is 2. The summed E-state index contributed by atoms with van der Waals surface area (Å²) in [4.78, 5) is 25.2. The van der Waals surface area contributed by atoms with Crippen LogP contribution in [0, 0.1) is 5.92 Å². The number of rotatable bonds is 4. The summed E-state index contributed by atoms with van der Waals surface area (Å²) in [6.07, 6.45) is -4.05. The van der Waals surface area contributed by atoms with Crippen molar-refractivity contribution in [3.63, 3.8) is 0 Å². The molecule has 2 saturated heterocycles. The molecule has 0 unspecified atom stereocenters. The van der Waals surface area contributed by atoms with Gasteiger partial charge in [-0.3, -0.25) is 4.79 Å². The highest BCUT2D eigenvalue weighted by molar-refractivity contribution is 6.31. The topological polar surface area (TPSA) is 67.9 Å². The lowest BCUT2D eigenvalue weighted by atomic mass is 9.68. The van der Waals surface area contributed by atoms with Crippen molar-refractivity contribution in [2.75, 3.05) is 19.7 Å². The molecule has 0 radical (unpaired) electrons. The Balaban J connectivity index is 1.22. The van der Waals surface area contributed by atoms with Crippen LogP contribution in [0.3, 0.4) is 0 Å². The number of alkyl carbamates (subject to hydrolysis) is 1. The molecule has 0 bridgehead atoms. The van der Waals surface area contributed by atoms with Crippen molar-refractivity contribution >= 4 is 23.6 Å². The van der Waals surface area contributed by atoms with Crippen LogP contribution in [-0.4, -0.2) is 48.2 Å². The van der Waals surface area contributed by atoms with Gasteiger partial charge in [-0.25, -0.2) is 4.79 Å². The minimum Gasteiger partial charge on any atom is -0.447 e. The third-order valence-electron chi connectivity index (χ3n) is 5.45. The minimum absolute atomic E-state index is 0.0116. The Kier molecular flexibility index (Phi) is 4.70. The summed E-state index contributed by atoms with van der Waals surface area (Å²) in [6, 6.07) is 3.68. The number of hydrogen-bond donors (Lipinski definition) is 1. The summed E-state index contributed by atoms with van der Waals surface area (Å²) in [7, 11) is 0. The van der Waals surface area contributed by atoms with Gasteiger partial charge >= 0.3 is 12.3 Å². The van der Waals surface area contributed by atoms with E-state index < -0.39 is 23.4 Å². The van der Waals surface area contributed by atoms with Crippen LogP contribution in [0.25, 0.3) is 0 Å². The van der Waals surface area contributed by atoms with Crippen molar-refractivity contribution in [2.24, 2.45) is 5.92 Å². The van der Waals surface area contributed by atoms with Crippen molar-refractivity contribution in [3.05, 3.63) is 34.3 Å². The largest absolute Gasteiger partial charge is 0.447 e. The molecule has 0 aromatic heterocycles. The number of halogens is 4. The lowest BCUT2D eigenvalue weighted by molar-refractivity contribution is -0.155. The third kappa shape index (κ3) is 3.65. The van der Waals surface area contributed by atoms with Crippen molar-refractivity contribution in [2.45, 2.75) is 37.3 Å². The Bertz CT molecular complexity index is 805. The molecule has 3 aliphatic rings. The second-order valence-electron chi connectivity index (χ2n) is 7.57. The normalized spacial score (nSPS) is 27.2. The molecule has 3 fully saturated rings. The van der Waals surface area contributed by atoms with Crippen LogP contribution in [0.5, 0.6) is 0 Å². The van der Waals surface area contributed by atoms with Gasteiger partial charge < -0.3 is 19.7 Å². The maximum atomic E-state index is 12.9. The quantitative estimate of drug-likeness (QED) is 0.816. The minimum atomic E-state index is -4.52. The Labute approximate surface area is 163 Å². The Morgan fingerprint density at radius 3 is 2.68 bits per heavy atom. The van der Waals surface area contributed by atoms with Gasteiger partial charge in [0, 0.05) is 19.0 Å². The van der Waals surface area contributed by atoms with Crippen molar-refractivity contribution in [1.29, 1.82) is 0 Å². The van der Waals surface area contributed by atoms with Gasteiger partial charge in [-0.15, -0.1) is 0 Å². The number of cyclic esters (lactones) is 1. The maximum Gasteiger partial charge on any atom is 0.417 e. The predicted molar refractivity (Wildman–Crippen MR) is 91.5 cm³/mol. The van der Waals surface area contributed by atoms with E-state index in [1.165, 1.54) is 12.1 Å². The van der Waals surface area contributed by atoms with Gasteiger partial charge in [0.15, 0.2) is 0 Å². The van der Waals surface area contributed by atoms with Crippen molar-refractivity contribution in [3.8, 4) is 0 Å². The molecule has 2 amide bonds. The summed E-state index contributed by atoms with van der Waals surface area (Å²) in [6.45, 7) is 1.13. The number of benzene rings is 1. The average Bonchev–Trinajstić information content (AvgIpc) is 2.94. The van der Waals surface area contributed by atoms with Gasteiger partial charge in [-0.05, 0) is 30.5 Å². The van der Waals surface area contributed by atoms with E-state index in [-0.39, 0.29) is 29.6 Å². The summed E-state index contributed by atoms with van der Waals surface area (Å²) >= 11 is 5.60. The first-order chi connectivity index (χ1) is 13.2. The number of carbonyl (C=O) groups excluding carboxylic acids is 2. The number of nitrogens with zero attached hydrogens (tertiary/aromatic N) is 1. The highest BCUT2D eigenvalue weighted by atomic mass is 35.5. The highest BCUT2D eigenvalue weighted by Gasteiger charge is 2.54. The van der Waals surface area contributed by atoms with Crippen LogP contribution < -0.4 is 5.32 Å². The average molecular weight is 419 g/mol. The molecule has 6 nitrogen and oxygen atoms in total. The van der Waals surface area contributed by atoms with Crippen LogP contribution in [0.2, 0.25) is 5.02 Å². The second kappa shape index (κ2) is 6.81. The van der Waals surface area contributed by atoms with E-state index in [4.69, 9.17) is 21.1 Å². The number of hydrogen-bond acceptors (Lipinski definition) is 4. The Morgan fingerprint density at radius 1 is 1.36 bits per heavy atom. The van der Waals surface area contributed by atoms with Gasteiger partial charge in [0.2, 0.25) is 5.91 Å². The fourth-order valence-corrected chi connectivity index (χ4v) is 4.07. The molecule has 1 N–H and O–H groups in total. The zero-order valence-electron chi connectivity index (χ0n) is 14.7. The Morgan fingerprint density at radius 2 is 2.07 bits per heavy atom. The molecule has 2 aliphatic heterocycles. The van der Waals surface area contributed by atoms with E-state index >= 15 is 0 Å². The smallest absolute Gasteiger partial charge is 0.417 e. The molecule has 1 aromatic rings. The monoisotopic (exact) mass is 418 g/mol. The molecule has 2 heterocycles. The lowest BCUT2D eigenvalue weighted by Gasteiger charge is -2.47. The second-order valence-corrected chi connectivity index (χ2v) is 7.98. The molecule has 1 spiro atoms.